The van der Waals surface area contributed by atoms with E-state index in [1.165, 1.54) is 10.4 Å². The van der Waals surface area contributed by atoms with Gasteiger partial charge in [-0.25, -0.2) is 8.42 Å². The molecular formula is C14H22N2O4S. The molecule has 6 nitrogen and oxygen atoms in total. The number of nitrogens with zero attached hydrogens (tertiary/aromatic N) is 1. The van der Waals surface area contributed by atoms with Crippen LogP contribution in [0.3, 0.4) is 0 Å². The minimum Gasteiger partial charge on any atom is -0.492 e. The molecule has 1 aliphatic rings. The van der Waals surface area contributed by atoms with Gasteiger partial charge in [0.1, 0.15) is 10.6 Å². The Hall–Kier alpha value is -1.31. The number of benzene rings is 1. The highest BCUT2D eigenvalue weighted by Gasteiger charge is 2.32. The Bertz CT molecular complexity index is 589. The number of hydrogen-bond donors (Lipinski definition) is 2. The van der Waals surface area contributed by atoms with E-state index in [1.54, 1.807) is 19.1 Å². The molecule has 0 bridgehead atoms. The number of aliphatic hydroxyl groups is 1. The zero-order valence-corrected chi connectivity index (χ0v) is 13.0. The zero-order valence-electron chi connectivity index (χ0n) is 12.2. The van der Waals surface area contributed by atoms with Crippen molar-refractivity contribution in [3.63, 3.8) is 0 Å². The van der Waals surface area contributed by atoms with Crippen molar-refractivity contribution in [1.29, 1.82) is 0 Å². The van der Waals surface area contributed by atoms with Crippen molar-refractivity contribution >= 4 is 15.7 Å². The number of ether oxygens (including phenoxy) is 1. The van der Waals surface area contributed by atoms with Crippen LogP contribution in [0.1, 0.15) is 19.8 Å². The van der Waals surface area contributed by atoms with Crippen molar-refractivity contribution in [3.05, 3.63) is 18.2 Å². The fourth-order valence-corrected chi connectivity index (χ4v) is 4.26. The van der Waals surface area contributed by atoms with Crippen LogP contribution in [0.2, 0.25) is 0 Å². The number of piperidine rings is 1. The first kappa shape index (κ1) is 16.1. The van der Waals surface area contributed by atoms with Crippen LogP contribution in [0.15, 0.2) is 23.1 Å². The van der Waals surface area contributed by atoms with Crippen LogP contribution in [0.25, 0.3) is 0 Å². The van der Waals surface area contributed by atoms with Crippen LogP contribution in [0.4, 0.5) is 5.69 Å². The summed E-state index contributed by atoms with van der Waals surface area (Å²) >= 11 is 0. The Balaban J connectivity index is 2.36. The second-order valence-electron chi connectivity index (χ2n) is 5.19. The Labute approximate surface area is 125 Å². The van der Waals surface area contributed by atoms with Crippen LogP contribution in [0, 0.1) is 5.92 Å². The summed E-state index contributed by atoms with van der Waals surface area (Å²) < 4.78 is 32.4. The molecule has 118 valence electrons. The number of nitrogens with two attached hydrogens (primary N) is 1. The first-order valence-corrected chi connectivity index (χ1v) is 8.56. The molecule has 0 spiro atoms. The van der Waals surface area contributed by atoms with Gasteiger partial charge in [0.15, 0.2) is 0 Å². The van der Waals surface area contributed by atoms with Crippen molar-refractivity contribution in [2.75, 3.05) is 32.0 Å². The molecule has 1 heterocycles. The number of anilines is 1. The average molecular weight is 314 g/mol. The maximum Gasteiger partial charge on any atom is 0.246 e. The van der Waals surface area contributed by atoms with Crippen molar-refractivity contribution in [2.45, 2.75) is 24.7 Å². The zero-order chi connectivity index (χ0) is 15.5. The number of aliphatic hydroxyl groups excluding tert-OH is 1. The summed E-state index contributed by atoms with van der Waals surface area (Å²) in [5.74, 6) is 0.308. The smallest absolute Gasteiger partial charge is 0.246 e. The summed E-state index contributed by atoms with van der Waals surface area (Å²) in [7, 11) is -3.66. The van der Waals surface area contributed by atoms with Gasteiger partial charge in [-0.05, 0) is 43.9 Å². The Kier molecular flexibility index (Phi) is 5.08. The van der Waals surface area contributed by atoms with Gasteiger partial charge in [0.2, 0.25) is 10.0 Å². The molecule has 1 unspecified atom stereocenters. The number of nitrogen functional groups attached to an aromatic ring is 1. The normalized spacial score (nSPS) is 20.4. The van der Waals surface area contributed by atoms with Gasteiger partial charge >= 0.3 is 0 Å². The summed E-state index contributed by atoms with van der Waals surface area (Å²) in [6.45, 7) is 2.97. The van der Waals surface area contributed by atoms with E-state index in [2.05, 4.69) is 0 Å². The molecule has 21 heavy (non-hydrogen) atoms. The second kappa shape index (κ2) is 6.64. The van der Waals surface area contributed by atoms with Gasteiger partial charge in [0, 0.05) is 25.4 Å². The van der Waals surface area contributed by atoms with Gasteiger partial charge in [-0.2, -0.15) is 4.31 Å². The SMILES string of the molecule is CCOc1ccc(N)cc1S(=O)(=O)N1CCCC(CO)C1. The third-order valence-electron chi connectivity index (χ3n) is 3.63. The minimum atomic E-state index is -3.66. The van der Waals surface area contributed by atoms with E-state index in [0.29, 0.717) is 31.1 Å². The summed E-state index contributed by atoms with van der Waals surface area (Å²) in [5, 5.41) is 9.26. The van der Waals surface area contributed by atoms with Crippen LogP contribution in [-0.4, -0.2) is 44.1 Å². The Morgan fingerprint density at radius 1 is 1.48 bits per heavy atom. The van der Waals surface area contributed by atoms with Gasteiger partial charge in [0.05, 0.1) is 6.61 Å². The molecule has 0 saturated carbocycles. The topological polar surface area (TPSA) is 92.9 Å². The van der Waals surface area contributed by atoms with Gasteiger partial charge in [0.25, 0.3) is 0 Å². The molecule has 0 radical (unpaired) electrons. The number of hydrogen-bond acceptors (Lipinski definition) is 5. The van der Waals surface area contributed by atoms with Gasteiger partial charge in [-0.3, -0.25) is 0 Å². The highest BCUT2D eigenvalue weighted by molar-refractivity contribution is 7.89. The molecule has 1 saturated heterocycles. The number of sulfonamides is 1. The fraction of sp³-hybridized carbons (Fsp3) is 0.571. The van der Waals surface area contributed by atoms with Gasteiger partial charge < -0.3 is 15.6 Å². The lowest BCUT2D eigenvalue weighted by molar-refractivity contribution is 0.165. The minimum absolute atomic E-state index is 0.00126. The standard InChI is InChI=1S/C14H22N2O4S/c1-2-20-13-6-5-12(15)8-14(13)21(18,19)16-7-3-4-11(9-16)10-17/h5-6,8,11,17H,2-4,7,9-10,15H2,1H3. The largest absolute Gasteiger partial charge is 0.492 e. The lowest BCUT2D eigenvalue weighted by atomic mass is 10.0. The monoisotopic (exact) mass is 314 g/mol. The van der Waals surface area contributed by atoms with E-state index in [-0.39, 0.29) is 17.4 Å². The molecule has 1 aliphatic heterocycles. The molecule has 3 N–H and O–H groups in total. The van der Waals surface area contributed by atoms with Crippen molar-refractivity contribution in [1.82, 2.24) is 4.31 Å². The molecule has 1 fully saturated rings. The lowest BCUT2D eigenvalue weighted by Gasteiger charge is -2.31. The van der Waals surface area contributed by atoms with Crippen molar-refractivity contribution in [2.24, 2.45) is 5.92 Å². The average Bonchev–Trinajstić information content (AvgIpc) is 2.49. The van der Waals surface area contributed by atoms with E-state index in [0.717, 1.165) is 12.8 Å². The molecule has 1 aromatic carbocycles. The maximum absolute atomic E-state index is 12.8. The van der Waals surface area contributed by atoms with E-state index in [9.17, 15) is 13.5 Å². The molecule has 1 aromatic rings. The van der Waals surface area contributed by atoms with E-state index in [4.69, 9.17) is 10.5 Å². The molecule has 1 atom stereocenters. The van der Waals surface area contributed by atoms with E-state index in [1.807, 2.05) is 0 Å². The molecule has 0 aliphatic carbocycles. The van der Waals surface area contributed by atoms with Gasteiger partial charge in [-0.1, -0.05) is 0 Å². The first-order valence-electron chi connectivity index (χ1n) is 7.12. The summed E-state index contributed by atoms with van der Waals surface area (Å²) in [6.07, 6.45) is 1.59. The van der Waals surface area contributed by atoms with Gasteiger partial charge in [-0.15, -0.1) is 0 Å². The molecule has 2 rings (SSSR count). The predicted octanol–water partition coefficient (Wildman–Crippen LogP) is 1.06. The van der Waals surface area contributed by atoms with E-state index >= 15 is 0 Å². The maximum atomic E-state index is 12.8. The molecular weight excluding hydrogens is 292 g/mol. The highest BCUT2D eigenvalue weighted by Crippen LogP contribution is 2.31. The Morgan fingerprint density at radius 3 is 2.90 bits per heavy atom. The third kappa shape index (κ3) is 3.48. The predicted molar refractivity (Wildman–Crippen MR) is 80.6 cm³/mol. The van der Waals surface area contributed by atoms with Crippen molar-refractivity contribution < 1.29 is 18.3 Å². The highest BCUT2D eigenvalue weighted by atomic mass is 32.2. The number of rotatable bonds is 5. The van der Waals surface area contributed by atoms with Crippen molar-refractivity contribution in [3.8, 4) is 5.75 Å². The van der Waals surface area contributed by atoms with Crippen LogP contribution >= 0.6 is 0 Å². The third-order valence-corrected chi connectivity index (χ3v) is 5.51. The fourth-order valence-electron chi connectivity index (χ4n) is 2.53. The Morgan fingerprint density at radius 2 is 2.24 bits per heavy atom. The first-order chi connectivity index (χ1) is 9.98. The van der Waals surface area contributed by atoms with Crippen LogP contribution < -0.4 is 10.5 Å². The van der Waals surface area contributed by atoms with E-state index < -0.39 is 10.0 Å². The van der Waals surface area contributed by atoms with Crippen LogP contribution in [-0.2, 0) is 10.0 Å². The summed E-state index contributed by atoms with van der Waals surface area (Å²) in [6, 6.07) is 4.64. The van der Waals surface area contributed by atoms with Crippen LogP contribution in [0.5, 0.6) is 5.75 Å². The summed E-state index contributed by atoms with van der Waals surface area (Å²) in [4.78, 5) is 0.0999. The summed E-state index contributed by atoms with van der Waals surface area (Å²) in [5.41, 5.74) is 6.11. The molecule has 0 amide bonds. The lowest BCUT2D eigenvalue weighted by Crippen LogP contribution is -2.41. The second-order valence-corrected chi connectivity index (χ2v) is 7.10. The molecule has 0 aromatic heterocycles. The molecule has 7 heteroatoms. The quantitative estimate of drug-likeness (QED) is 0.793.